The second-order valence-corrected chi connectivity index (χ2v) is 20.7. The SMILES string of the molecule is CC1=CCC[C@@]2(C)[C@@H](CC[C@@]2(O)CN(C[C@@H]2CC[C@H]3C[C@@H]2C3(C)C)C(=O)O[C@H]2C[C@@H](C)CC[C@@H]2C(C)C)c2ccc(cc2C(=O)c2ccc(F)c(F)c2)C[C@@H](O)CC1. The van der Waals surface area contributed by atoms with Gasteiger partial charge in [-0.05, 0) is 166 Å². The smallest absolute Gasteiger partial charge is 0.410 e. The number of fused-ring (bicyclic) bond motifs is 10. The van der Waals surface area contributed by atoms with Gasteiger partial charge in [0.2, 0.25) is 0 Å². The summed E-state index contributed by atoms with van der Waals surface area (Å²) in [7, 11) is 0. The quantitative estimate of drug-likeness (QED) is 0.205. The fourth-order valence-corrected chi connectivity index (χ4v) is 12.4. The number of carbonyl (C=O) groups is 2. The normalized spacial score (nSPS) is 34.7. The summed E-state index contributed by atoms with van der Waals surface area (Å²) in [6.07, 6.45) is 11.5. The molecule has 5 fully saturated rings. The van der Waals surface area contributed by atoms with Gasteiger partial charge in [-0.3, -0.25) is 4.79 Å². The van der Waals surface area contributed by atoms with Crippen LogP contribution in [0, 0.1) is 58.0 Å². The number of allylic oxidation sites excluding steroid dienone is 2. The molecule has 6 nitrogen and oxygen atoms in total. The number of amides is 1. The van der Waals surface area contributed by atoms with Crippen molar-refractivity contribution in [1.82, 2.24) is 4.90 Å². The van der Waals surface area contributed by atoms with Crippen LogP contribution in [-0.4, -0.2) is 57.9 Å². The summed E-state index contributed by atoms with van der Waals surface area (Å²) in [4.78, 5) is 31.1. The number of nitrogens with zero attached hydrogens (tertiary/aromatic N) is 1. The molecule has 0 spiro atoms. The van der Waals surface area contributed by atoms with Gasteiger partial charge in [0.1, 0.15) is 6.10 Å². The second-order valence-electron chi connectivity index (χ2n) is 20.7. The maximum atomic E-state index is 14.8. The van der Waals surface area contributed by atoms with Crippen LogP contribution < -0.4 is 0 Å². The Morgan fingerprint density at radius 2 is 1.72 bits per heavy atom. The van der Waals surface area contributed by atoms with Crippen LogP contribution in [0.1, 0.15) is 158 Å². The number of carbonyl (C=O) groups excluding carboxylic acids is 2. The first-order chi connectivity index (χ1) is 27.4. The molecule has 9 rings (SSSR count). The van der Waals surface area contributed by atoms with Gasteiger partial charge in [0.15, 0.2) is 17.4 Å². The topological polar surface area (TPSA) is 87.1 Å². The van der Waals surface area contributed by atoms with Gasteiger partial charge in [0.05, 0.1) is 18.2 Å². The zero-order valence-electron chi connectivity index (χ0n) is 36.2. The van der Waals surface area contributed by atoms with Gasteiger partial charge >= 0.3 is 6.09 Å². The molecule has 2 aromatic rings. The van der Waals surface area contributed by atoms with Gasteiger partial charge in [0, 0.05) is 23.1 Å². The molecule has 0 radical (unpaired) electrons. The van der Waals surface area contributed by atoms with E-state index in [4.69, 9.17) is 4.74 Å². The van der Waals surface area contributed by atoms with Crippen molar-refractivity contribution in [2.45, 2.75) is 156 Å². The molecule has 5 saturated carbocycles. The van der Waals surface area contributed by atoms with Crippen molar-refractivity contribution in [3.63, 3.8) is 0 Å². The van der Waals surface area contributed by atoms with Crippen LogP contribution in [0.3, 0.4) is 0 Å². The first kappa shape index (κ1) is 43.0. The van der Waals surface area contributed by atoms with Crippen LogP contribution in [0.2, 0.25) is 0 Å². The molecule has 7 aliphatic carbocycles. The maximum Gasteiger partial charge on any atom is 0.410 e. The Morgan fingerprint density at radius 3 is 2.43 bits per heavy atom. The Kier molecular flexibility index (Phi) is 12.4. The van der Waals surface area contributed by atoms with E-state index in [0.29, 0.717) is 80.2 Å². The molecule has 10 atom stereocenters. The van der Waals surface area contributed by atoms with Gasteiger partial charge in [-0.2, -0.15) is 0 Å². The van der Waals surface area contributed by atoms with Gasteiger partial charge in [-0.1, -0.05) is 71.7 Å². The Labute approximate surface area is 346 Å². The summed E-state index contributed by atoms with van der Waals surface area (Å²) in [5, 5.41) is 24.4. The average molecular weight is 802 g/mol. The number of aliphatic hydroxyl groups is 2. The zero-order valence-corrected chi connectivity index (χ0v) is 36.2. The van der Waals surface area contributed by atoms with Gasteiger partial charge in [0.25, 0.3) is 0 Å². The zero-order chi connectivity index (χ0) is 41.7. The fraction of sp³-hybridized carbons (Fsp3) is 0.680. The van der Waals surface area contributed by atoms with E-state index in [9.17, 15) is 28.6 Å². The molecule has 8 heteroatoms. The largest absolute Gasteiger partial charge is 0.446 e. The van der Waals surface area contributed by atoms with Crippen LogP contribution in [-0.2, 0) is 11.2 Å². The lowest BCUT2D eigenvalue weighted by atomic mass is 9.45. The van der Waals surface area contributed by atoms with E-state index in [-0.39, 0.29) is 35.6 Å². The van der Waals surface area contributed by atoms with Crippen LogP contribution in [0.25, 0.3) is 0 Å². The molecule has 318 valence electrons. The second kappa shape index (κ2) is 16.7. The third-order valence-corrected chi connectivity index (χ3v) is 16.5. The minimum Gasteiger partial charge on any atom is -0.446 e. The van der Waals surface area contributed by atoms with Crippen molar-refractivity contribution in [2.75, 3.05) is 13.1 Å². The molecule has 2 N–H and O–H groups in total. The van der Waals surface area contributed by atoms with Gasteiger partial charge in [-0.25, -0.2) is 13.6 Å². The molecule has 2 aromatic carbocycles. The molecular formula is C50H69F2NO5. The monoisotopic (exact) mass is 802 g/mol. The summed E-state index contributed by atoms with van der Waals surface area (Å²) < 4.78 is 35.2. The van der Waals surface area contributed by atoms with E-state index in [1.807, 2.05) is 23.1 Å². The van der Waals surface area contributed by atoms with Crippen molar-refractivity contribution in [1.29, 1.82) is 0 Å². The first-order valence-electron chi connectivity index (χ1n) is 22.5. The first-order valence-corrected chi connectivity index (χ1v) is 22.5. The molecular weight excluding hydrogens is 733 g/mol. The van der Waals surface area contributed by atoms with E-state index in [0.717, 1.165) is 67.7 Å². The Hall–Kier alpha value is -3.10. The van der Waals surface area contributed by atoms with Crippen molar-refractivity contribution >= 4 is 11.9 Å². The Morgan fingerprint density at radius 1 is 0.948 bits per heavy atom. The number of aliphatic hydroxyl groups excluding tert-OH is 1. The van der Waals surface area contributed by atoms with Crippen molar-refractivity contribution in [3.05, 3.63) is 81.9 Å². The average Bonchev–Trinajstić information content (AvgIpc) is 3.42. The van der Waals surface area contributed by atoms with Gasteiger partial charge in [-0.15, -0.1) is 0 Å². The molecule has 7 aliphatic rings. The highest BCUT2D eigenvalue weighted by molar-refractivity contribution is 6.10. The van der Waals surface area contributed by atoms with Crippen molar-refractivity contribution in [3.8, 4) is 0 Å². The number of rotatable bonds is 8. The number of hydrogen-bond acceptors (Lipinski definition) is 5. The molecule has 0 unspecified atom stereocenters. The number of ether oxygens (including phenoxy) is 1. The standard InChI is InChI=1S/C50H69F2NO5/c1-30(2)38-17-11-32(4)23-45(38)58-47(56)53(28-35-13-15-36-27-42(35)48(36,5)6)29-50(57)22-20-41-39-18-12-33(24-37(54)16-10-31(3)9-8-21-49(41,50)7)25-40(39)46(55)34-14-19-43(51)44(52)26-34/h9,12,14,18-19,25-26,30,32,35-38,41-42,45,54,57H,8,10-11,13,15-17,20-24,27-29H2,1-7H3/t32-,35-,36-,37-,38+,41-,42-,45-,49-,50+/m0/s1. The van der Waals surface area contributed by atoms with Gasteiger partial charge < -0.3 is 19.8 Å². The van der Waals surface area contributed by atoms with E-state index < -0.39 is 34.5 Å². The van der Waals surface area contributed by atoms with E-state index in [1.165, 1.54) is 18.1 Å². The number of ketones is 1. The molecule has 4 bridgehead atoms. The minimum absolute atomic E-state index is 0.0479. The summed E-state index contributed by atoms with van der Waals surface area (Å²) in [5.74, 6) is -0.0714. The number of halogens is 2. The number of hydrogen-bond donors (Lipinski definition) is 2. The third-order valence-electron chi connectivity index (χ3n) is 16.5. The van der Waals surface area contributed by atoms with E-state index >= 15 is 0 Å². The lowest BCUT2D eigenvalue weighted by molar-refractivity contribution is -0.122. The molecule has 0 heterocycles. The third kappa shape index (κ3) is 8.32. The van der Waals surface area contributed by atoms with Crippen molar-refractivity contribution in [2.24, 2.45) is 46.3 Å². The maximum absolute atomic E-state index is 14.8. The molecule has 1 amide bonds. The number of benzene rings is 2. The highest BCUT2D eigenvalue weighted by Crippen LogP contribution is 2.62. The predicted molar refractivity (Wildman–Crippen MR) is 224 cm³/mol. The molecule has 0 aliphatic heterocycles. The summed E-state index contributed by atoms with van der Waals surface area (Å²) in [5.41, 5.74) is 1.30. The van der Waals surface area contributed by atoms with Crippen LogP contribution in [0.4, 0.5) is 13.6 Å². The Bertz CT molecular complexity index is 1870. The lowest BCUT2D eigenvalue weighted by Crippen LogP contribution is -2.58. The minimum atomic E-state index is -1.31. The van der Waals surface area contributed by atoms with Crippen LogP contribution in [0.5, 0.6) is 0 Å². The van der Waals surface area contributed by atoms with E-state index in [2.05, 4.69) is 54.5 Å². The molecule has 58 heavy (non-hydrogen) atoms. The highest BCUT2D eigenvalue weighted by atomic mass is 19.2. The fourth-order valence-electron chi connectivity index (χ4n) is 12.4. The van der Waals surface area contributed by atoms with Crippen LogP contribution in [0.15, 0.2) is 48.0 Å². The summed E-state index contributed by atoms with van der Waals surface area (Å²) in [6, 6.07) is 8.98. The highest BCUT2D eigenvalue weighted by Gasteiger charge is 2.59. The summed E-state index contributed by atoms with van der Waals surface area (Å²) >= 11 is 0. The molecule has 0 aromatic heterocycles. The van der Waals surface area contributed by atoms with Crippen molar-refractivity contribution < 1.29 is 33.3 Å². The lowest BCUT2D eigenvalue weighted by Gasteiger charge is -2.60. The van der Waals surface area contributed by atoms with Crippen LogP contribution >= 0.6 is 0 Å². The van der Waals surface area contributed by atoms with E-state index in [1.54, 1.807) is 0 Å². The predicted octanol–water partition coefficient (Wildman–Crippen LogP) is 11.2. The summed E-state index contributed by atoms with van der Waals surface area (Å²) in [6.45, 7) is 16.4. The molecule has 0 saturated heterocycles. The Balaban J connectivity index is 1.27.